The molecule has 2 fully saturated rings. The summed E-state index contributed by atoms with van der Waals surface area (Å²) in [4.78, 5) is 25.1. The number of hydrazine groups is 1. The Morgan fingerprint density at radius 3 is 2.50 bits per heavy atom. The first-order valence-electron chi connectivity index (χ1n) is 7.53. The van der Waals surface area contributed by atoms with Crippen LogP contribution >= 0.6 is 22.1 Å². The predicted octanol–water partition coefficient (Wildman–Crippen LogP) is 2.92. The number of rotatable bonds is 3. The fourth-order valence-electron chi connectivity index (χ4n) is 3.01. The van der Waals surface area contributed by atoms with Crippen molar-refractivity contribution in [3.05, 3.63) is 41.4 Å². The molecule has 0 saturated carbocycles. The van der Waals surface area contributed by atoms with Crippen molar-refractivity contribution in [2.24, 2.45) is 0 Å². The molecule has 0 spiro atoms. The van der Waals surface area contributed by atoms with Gasteiger partial charge in [0.1, 0.15) is 10.5 Å². The average molecular weight is 366 g/mol. The molecule has 2 saturated heterocycles. The molecule has 0 radical (unpaired) electrons. The van der Waals surface area contributed by atoms with Gasteiger partial charge in [-0.3, -0.25) is 9.80 Å². The minimum Gasteiger partial charge on any atom is -0.376 e. The predicted molar refractivity (Wildman–Crippen MR) is 93.6 cm³/mol. The first-order chi connectivity index (χ1) is 11.5. The smallest absolute Gasteiger partial charge is 0.376 e. The van der Waals surface area contributed by atoms with E-state index < -0.39 is 10.5 Å². The number of carbonyl (C=O) groups excluding carboxylic acids is 2. The molecule has 1 unspecified atom stereocenters. The fraction of sp³-hybridized carbons (Fsp3) is 0.250. The van der Waals surface area contributed by atoms with Gasteiger partial charge in [-0.25, -0.2) is 14.5 Å². The van der Waals surface area contributed by atoms with Gasteiger partial charge in [0.25, 0.3) is 5.91 Å². The van der Waals surface area contributed by atoms with E-state index in [1.54, 1.807) is 12.1 Å². The van der Waals surface area contributed by atoms with Crippen LogP contribution in [0.3, 0.4) is 0 Å². The number of nitrogens with zero attached hydrogens (tertiary/aromatic N) is 2. The van der Waals surface area contributed by atoms with E-state index in [0.717, 1.165) is 15.7 Å². The minimum absolute atomic E-state index is 0.0634. The van der Waals surface area contributed by atoms with E-state index in [0.29, 0.717) is 18.1 Å². The maximum Gasteiger partial charge on any atom is 0.413 e. The lowest BCUT2D eigenvalue weighted by atomic mass is 10.1. The molecule has 2 aromatic carbocycles. The lowest BCUT2D eigenvalue weighted by molar-refractivity contribution is -0.136. The number of benzene rings is 2. The number of carbonyl (C=O) groups is 2. The third-order valence-corrected chi connectivity index (χ3v) is 7.24. The van der Waals surface area contributed by atoms with Gasteiger partial charge < -0.3 is 4.18 Å². The fourth-order valence-corrected chi connectivity index (χ4v) is 5.62. The highest BCUT2D eigenvalue weighted by Gasteiger charge is 2.60. The van der Waals surface area contributed by atoms with Crippen molar-refractivity contribution in [2.75, 3.05) is 26.7 Å². The Labute approximate surface area is 145 Å². The van der Waals surface area contributed by atoms with E-state index in [9.17, 15) is 9.59 Å². The van der Waals surface area contributed by atoms with Crippen LogP contribution in [0, 0.1) is 0 Å². The molecule has 2 aromatic rings. The number of amides is 1. The standard InChI is InChI=1S/C16H16ClN3O3S/c1-18-20-7-6-19(10-15(20)21)24(16(22)23-24)14-5-3-11-8-13(17)4-2-12(11)9-14/h2-5,8-9,18H,6-7,10H2,1H3. The van der Waals surface area contributed by atoms with Crippen LogP contribution in [0.25, 0.3) is 10.8 Å². The second-order valence-electron chi connectivity index (χ2n) is 5.64. The van der Waals surface area contributed by atoms with E-state index in [4.69, 9.17) is 15.8 Å². The van der Waals surface area contributed by atoms with E-state index in [1.807, 2.05) is 40.7 Å². The van der Waals surface area contributed by atoms with E-state index in [2.05, 4.69) is 5.43 Å². The van der Waals surface area contributed by atoms with Gasteiger partial charge in [0.05, 0.1) is 13.1 Å². The molecule has 1 amide bonds. The van der Waals surface area contributed by atoms with Gasteiger partial charge in [-0.05, 0) is 35.0 Å². The summed E-state index contributed by atoms with van der Waals surface area (Å²) in [7, 11) is -0.459. The SMILES string of the molecule is CNN1CCN(S2(c3ccc4cc(Cl)ccc4c3)OC2=O)CC1=O. The summed E-state index contributed by atoms with van der Waals surface area (Å²) in [5, 5.41) is 3.99. The molecule has 2 heterocycles. The molecule has 1 N–H and O–H groups in total. The van der Waals surface area contributed by atoms with Crippen LogP contribution in [-0.4, -0.2) is 47.2 Å². The van der Waals surface area contributed by atoms with Crippen LogP contribution in [0.5, 0.6) is 0 Å². The zero-order chi connectivity index (χ0) is 16.9. The van der Waals surface area contributed by atoms with Gasteiger partial charge in [0, 0.05) is 23.5 Å². The van der Waals surface area contributed by atoms with E-state index >= 15 is 0 Å². The Morgan fingerprint density at radius 2 is 1.83 bits per heavy atom. The molecule has 2 aliphatic heterocycles. The van der Waals surface area contributed by atoms with Crippen LogP contribution < -0.4 is 5.43 Å². The zero-order valence-electron chi connectivity index (χ0n) is 13.0. The highest BCUT2D eigenvalue weighted by Crippen LogP contribution is 2.74. The maximum absolute atomic E-state index is 12.2. The summed E-state index contributed by atoms with van der Waals surface area (Å²) in [5.74, 6) is -0.0634. The Hall–Kier alpha value is -1.80. The second kappa shape index (κ2) is 5.63. The van der Waals surface area contributed by atoms with Crippen molar-refractivity contribution in [2.45, 2.75) is 4.90 Å². The first kappa shape index (κ1) is 15.7. The molecule has 24 heavy (non-hydrogen) atoms. The van der Waals surface area contributed by atoms with Crippen LogP contribution in [0.4, 0.5) is 4.79 Å². The van der Waals surface area contributed by atoms with E-state index in [1.165, 1.54) is 0 Å². The molecule has 8 heteroatoms. The van der Waals surface area contributed by atoms with Crippen molar-refractivity contribution in [1.82, 2.24) is 14.7 Å². The number of fused-ring (bicyclic) bond motifs is 1. The summed E-state index contributed by atoms with van der Waals surface area (Å²) in [6.07, 6.45) is 0. The topological polar surface area (TPSA) is 65.2 Å². The molecule has 0 aliphatic carbocycles. The van der Waals surface area contributed by atoms with Gasteiger partial charge >= 0.3 is 5.30 Å². The van der Waals surface area contributed by atoms with Gasteiger partial charge in [-0.2, -0.15) is 0 Å². The molecule has 4 rings (SSSR count). The molecular weight excluding hydrogens is 350 g/mol. The summed E-state index contributed by atoms with van der Waals surface area (Å²) < 4.78 is 7.35. The van der Waals surface area contributed by atoms with Gasteiger partial charge in [-0.1, -0.05) is 23.7 Å². The third kappa shape index (κ3) is 2.36. The van der Waals surface area contributed by atoms with Gasteiger partial charge in [0.15, 0.2) is 0 Å². The van der Waals surface area contributed by atoms with Crippen molar-refractivity contribution < 1.29 is 13.8 Å². The number of piperazine rings is 1. The quantitative estimate of drug-likeness (QED) is 0.847. The molecular formula is C16H16ClN3O3S. The largest absolute Gasteiger partial charge is 0.413 e. The average Bonchev–Trinajstić information content (AvgIpc) is 3.26. The highest BCUT2D eigenvalue weighted by atomic mass is 35.5. The summed E-state index contributed by atoms with van der Waals surface area (Å²) in [6, 6.07) is 11.4. The number of nitrogens with one attached hydrogen (secondary N) is 1. The van der Waals surface area contributed by atoms with Crippen LogP contribution in [0.15, 0.2) is 41.3 Å². The van der Waals surface area contributed by atoms with Gasteiger partial charge in [-0.15, -0.1) is 0 Å². The molecule has 2 aliphatic rings. The second-order valence-corrected chi connectivity index (χ2v) is 8.62. The first-order valence-corrected chi connectivity index (χ1v) is 9.43. The Bertz CT molecular complexity index is 862. The van der Waals surface area contributed by atoms with Crippen molar-refractivity contribution in [1.29, 1.82) is 0 Å². The van der Waals surface area contributed by atoms with Crippen LogP contribution in [0.2, 0.25) is 5.02 Å². The normalized spacial score (nSPS) is 27.0. The van der Waals surface area contributed by atoms with Crippen molar-refractivity contribution >= 4 is 44.1 Å². The zero-order valence-corrected chi connectivity index (χ0v) is 14.6. The Balaban J connectivity index is 1.70. The third-order valence-electron chi connectivity index (χ3n) is 4.30. The molecule has 6 nitrogen and oxygen atoms in total. The molecule has 126 valence electrons. The van der Waals surface area contributed by atoms with Crippen molar-refractivity contribution in [3.63, 3.8) is 0 Å². The Morgan fingerprint density at radius 1 is 1.12 bits per heavy atom. The monoisotopic (exact) mass is 365 g/mol. The lowest BCUT2D eigenvalue weighted by Crippen LogP contribution is -2.53. The summed E-state index contributed by atoms with van der Waals surface area (Å²) in [5.41, 5.74) is 2.85. The van der Waals surface area contributed by atoms with Crippen LogP contribution in [0.1, 0.15) is 0 Å². The number of hydrogen-bond donors (Lipinski definition) is 1. The van der Waals surface area contributed by atoms with Crippen LogP contribution in [-0.2, 0) is 8.98 Å². The highest BCUT2D eigenvalue weighted by molar-refractivity contribution is 8.46. The van der Waals surface area contributed by atoms with Gasteiger partial charge in [0.2, 0.25) is 0 Å². The Kier molecular flexibility index (Phi) is 3.69. The minimum atomic E-state index is -2.17. The maximum atomic E-state index is 12.2. The number of halogens is 1. The summed E-state index contributed by atoms with van der Waals surface area (Å²) >= 11 is 6.02. The molecule has 1 atom stereocenters. The number of hydrogen-bond acceptors (Lipinski definition) is 5. The molecule has 0 bridgehead atoms. The lowest BCUT2D eigenvalue weighted by Gasteiger charge is -2.36. The van der Waals surface area contributed by atoms with E-state index in [-0.39, 0.29) is 17.8 Å². The van der Waals surface area contributed by atoms with Crippen molar-refractivity contribution in [3.8, 4) is 0 Å². The summed E-state index contributed by atoms with van der Waals surface area (Å²) in [6.45, 7) is 1.27. The molecule has 0 aromatic heterocycles.